The number of methoxy groups -OCH3 is 1. The quantitative estimate of drug-likeness (QED) is 0.807. The molecule has 0 unspecified atom stereocenters. The summed E-state index contributed by atoms with van der Waals surface area (Å²) in [6.07, 6.45) is 0. The molecule has 0 fully saturated rings. The Kier molecular flexibility index (Phi) is 3.88. The lowest BCUT2D eigenvalue weighted by molar-refractivity contribution is 0.160. The highest BCUT2D eigenvalue weighted by Crippen LogP contribution is 2.22. The van der Waals surface area contributed by atoms with Gasteiger partial charge in [-0.1, -0.05) is 0 Å². The van der Waals surface area contributed by atoms with Crippen LogP contribution < -0.4 is 4.74 Å². The topological polar surface area (TPSA) is 70.3 Å². The highest BCUT2D eigenvalue weighted by Gasteiger charge is 2.11. The molecule has 2 aromatic rings. The molecule has 0 aliphatic heterocycles. The van der Waals surface area contributed by atoms with E-state index in [0.29, 0.717) is 30.7 Å². The normalized spacial score (nSPS) is 10.6. The van der Waals surface area contributed by atoms with Crippen LogP contribution in [-0.4, -0.2) is 28.9 Å². The molecule has 6 nitrogen and oxygen atoms in total. The average Bonchev–Trinajstić information content (AvgIpc) is 2.81. The predicted molar refractivity (Wildman–Crippen MR) is 64.1 cm³/mol. The minimum absolute atomic E-state index is 0.295. The van der Waals surface area contributed by atoms with Crippen molar-refractivity contribution in [3.8, 4) is 17.3 Å². The number of aryl methyl sites for hydroxylation is 1. The van der Waals surface area contributed by atoms with Crippen molar-refractivity contribution in [2.24, 2.45) is 0 Å². The molecule has 0 N–H and O–H groups in total. The van der Waals surface area contributed by atoms with Gasteiger partial charge in [0.05, 0.1) is 12.3 Å². The molecule has 0 aliphatic carbocycles. The fourth-order valence-corrected chi connectivity index (χ4v) is 1.51. The molecule has 0 aliphatic rings. The Labute approximate surface area is 105 Å². The maximum Gasteiger partial charge on any atom is 0.266 e. The SMILES string of the molecule is CCOc1ccc(-c2nnc(COC)o2)nc1C. The Morgan fingerprint density at radius 1 is 1.28 bits per heavy atom. The predicted octanol–water partition coefficient (Wildman–Crippen LogP) is 1.99. The van der Waals surface area contributed by atoms with Gasteiger partial charge in [0.15, 0.2) is 0 Å². The van der Waals surface area contributed by atoms with Crippen LogP contribution in [0.4, 0.5) is 0 Å². The van der Waals surface area contributed by atoms with Crippen LogP contribution in [0.5, 0.6) is 5.75 Å². The van der Waals surface area contributed by atoms with Gasteiger partial charge in [-0.25, -0.2) is 4.98 Å². The van der Waals surface area contributed by atoms with Crippen molar-refractivity contribution in [3.05, 3.63) is 23.7 Å². The summed E-state index contributed by atoms with van der Waals surface area (Å²) in [5, 5.41) is 7.78. The summed E-state index contributed by atoms with van der Waals surface area (Å²) in [6, 6.07) is 3.64. The van der Waals surface area contributed by atoms with E-state index in [1.54, 1.807) is 13.2 Å². The third kappa shape index (κ3) is 2.65. The summed E-state index contributed by atoms with van der Waals surface area (Å²) >= 11 is 0. The highest BCUT2D eigenvalue weighted by molar-refractivity contribution is 5.49. The van der Waals surface area contributed by atoms with Gasteiger partial charge in [-0.3, -0.25) is 0 Å². The minimum Gasteiger partial charge on any atom is -0.492 e. The molecule has 0 amide bonds. The number of nitrogens with zero attached hydrogens (tertiary/aromatic N) is 3. The van der Waals surface area contributed by atoms with Crippen molar-refractivity contribution in [2.45, 2.75) is 20.5 Å². The molecule has 0 saturated heterocycles. The number of hydrogen-bond acceptors (Lipinski definition) is 6. The van der Waals surface area contributed by atoms with Crippen LogP contribution in [0.25, 0.3) is 11.6 Å². The van der Waals surface area contributed by atoms with Crippen molar-refractivity contribution in [3.63, 3.8) is 0 Å². The van der Waals surface area contributed by atoms with E-state index < -0.39 is 0 Å². The largest absolute Gasteiger partial charge is 0.492 e. The van der Waals surface area contributed by atoms with Crippen molar-refractivity contribution < 1.29 is 13.9 Å². The summed E-state index contributed by atoms with van der Waals surface area (Å²) in [5.41, 5.74) is 1.42. The fraction of sp³-hybridized carbons (Fsp3) is 0.417. The minimum atomic E-state index is 0.295. The summed E-state index contributed by atoms with van der Waals surface area (Å²) < 4.78 is 15.8. The Morgan fingerprint density at radius 2 is 2.11 bits per heavy atom. The molecule has 96 valence electrons. The molecule has 0 atom stereocenters. The molecule has 2 rings (SSSR count). The van der Waals surface area contributed by atoms with Crippen LogP contribution in [0.1, 0.15) is 18.5 Å². The van der Waals surface area contributed by atoms with E-state index in [4.69, 9.17) is 13.9 Å². The zero-order valence-electron chi connectivity index (χ0n) is 10.6. The van der Waals surface area contributed by atoms with Crippen LogP contribution in [0.15, 0.2) is 16.5 Å². The van der Waals surface area contributed by atoms with Gasteiger partial charge in [-0.15, -0.1) is 10.2 Å². The van der Waals surface area contributed by atoms with Gasteiger partial charge in [0.1, 0.15) is 18.1 Å². The lowest BCUT2D eigenvalue weighted by atomic mass is 10.3. The molecule has 0 saturated carbocycles. The maximum atomic E-state index is 5.42. The molecule has 0 aromatic carbocycles. The van der Waals surface area contributed by atoms with E-state index >= 15 is 0 Å². The first-order chi connectivity index (χ1) is 8.74. The Morgan fingerprint density at radius 3 is 2.78 bits per heavy atom. The third-order valence-electron chi connectivity index (χ3n) is 2.29. The lowest BCUT2D eigenvalue weighted by Crippen LogP contribution is -1.96. The Hall–Kier alpha value is -1.95. The van der Waals surface area contributed by atoms with Crippen molar-refractivity contribution >= 4 is 0 Å². The summed E-state index contributed by atoms with van der Waals surface area (Å²) in [4.78, 5) is 4.37. The maximum absolute atomic E-state index is 5.42. The van der Waals surface area contributed by atoms with E-state index in [-0.39, 0.29) is 0 Å². The van der Waals surface area contributed by atoms with Gasteiger partial charge in [0, 0.05) is 7.11 Å². The Balaban J connectivity index is 2.24. The first-order valence-corrected chi connectivity index (χ1v) is 5.66. The van der Waals surface area contributed by atoms with Gasteiger partial charge in [0.2, 0.25) is 5.89 Å². The first kappa shape index (κ1) is 12.5. The zero-order chi connectivity index (χ0) is 13.0. The molecule has 18 heavy (non-hydrogen) atoms. The van der Waals surface area contributed by atoms with Crippen LogP contribution in [-0.2, 0) is 11.3 Å². The van der Waals surface area contributed by atoms with Gasteiger partial charge >= 0.3 is 0 Å². The number of rotatable bonds is 5. The summed E-state index contributed by atoms with van der Waals surface area (Å²) in [6.45, 7) is 4.72. The summed E-state index contributed by atoms with van der Waals surface area (Å²) in [5.74, 6) is 1.58. The van der Waals surface area contributed by atoms with Crippen molar-refractivity contribution in [1.82, 2.24) is 15.2 Å². The second kappa shape index (κ2) is 5.59. The Bertz CT molecular complexity index is 525. The zero-order valence-corrected chi connectivity index (χ0v) is 10.6. The molecule has 0 bridgehead atoms. The molecular weight excluding hydrogens is 234 g/mol. The molecule has 2 aromatic heterocycles. The monoisotopic (exact) mass is 249 g/mol. The van der Waals surface area contributed by atoms with Crippen LogP contribution in [0.3, 0.4) is 0 Å². The van der Waals surface area contributed by atoms with Gasteiger partial charge in [0.25, 0.3) is 5.89 Å². The summed E-state index contributed by atoms with van der Waals surface area (Å²) in [7, 11) is 1.57. The second-order valence-electron chi connectivity index (χ2n) is 3.65. The number of ether oxygens (including phenoxy) is 2. The average molecular weight is 249 g/mol. The van der Waals surface area contributed by atoms with Crippen LogP contribution >= 0.6 is 0 Å². The van der Waals surface area contributed by atoms with Gasteiger partial charge in [-0.05, 0) is 26.0 Å². The first-order valence-electron chi connectivity index (χ1n) is 5.66. The number of aromatic nitrogens is 3. The molecule has 0 spiro atoms. The van der Waals surface area contributed by atoms with Gasteiger partial charge < -0.3 is 13.9 Å². The van der Waals surface area contributed by atoms with Crippen molar-refractivity contribution in [1.29, 1.82) is 0 Å². The lowest BCUT2D eigenvalue weighted by Gasteiger charge is -2.06. The third-order valence-corrected chi connectivity index (χ3v) is 2.29. The van der Waals surface area contributed by atoms with Crippen LogP contribution in [0.2, 0.25) is 0 Å². The molecule has 2 heterocycles. The van der Waals surface area contributed by atoms with Crippen LogP contribution in [0, 0.1) is 6.92 Å². The van der Waals surface area contributed by atoms with E-state index in [1.807, 2.05) is 19.9 Å². The number of hydrogen-bond donors (Lipinski definition) is 0. The van der Waals surface area contributed by atoms with Crippen molar-refractivity contribution in [2.75, 3.05) is 13.7 Å². The molecule has 6 heteroatoms. The van der Waals surface area contributed by atoms with E-state index in [0.717, 1.165) is 11.4 Å². The van der Waals surface area contributed by atoms with E-state index in [1.165, 1.54) is 0 Å². The number of pyridine rings is 1. The van der Waals surface area contributed by atoms with Gasteiger partial charge in [-0.2, -0.15) is 0 Å². The molecule has 0 radical (unpaired) electrons. The smallest absolute Gasteiger partial charge is 0.266 e. The van der Waals surface area contributed by atoms with E-state index in [9.17, 15) is 0 Å². The molecular formula is C12H15N3O3. The van der Waals surface area contributed by atoms with E-state index in [2.05, 4.69) is 15.2 Å². The highest BCUT2D eigenvalue weighted by atomic mass is 16.5. The standard InChI is InChI=1S/C12H15N3O3/c1-4-17-10-6-5-9(13-8(10)2)12-15-14-11(18-12)7-16-3/h5-6H,4,7H2,1-3H3. The second-order valence-corrected chi connectivity index (χ2v) is 3.65. The fourth-order valence-electron chi connectivity index (χ4n) is 1.51.